The van der Waals surface area contributed by atoms with Gasteiger partial charge in [0.25, 0.3) is 10.1 Å². The van der Waals surface area contributed by atoms with E-state index >= 15 is 0 Å². The van der Waals surface area contributed by atoms with Crippen molar-refractivity contribution < 1.29 is 13.0 Å². The molecule has 3 nitrogen and oxygen atoms in total. The highest BCUT2D eigenvalue weighted by molar-refractivity contribution is 7.85. The van der Waals surface area contributed by atoms with Crippen molar-refractivity contribution in [3.05, 3.63) is 29.8 Å². The van der Waals surface area contributed by atoms with Crippen molar-refractivity contribution in [2.75, 3.05) is 0 Å². The zero-order valence-corrected chi connectivity index (χ0v) is 23.8. The first-order valence-corrected chi connectivity index (χ1v) is 16.5. The van der Waals surface area contributed by atoms with Crippen LogP contribution in [-0.4, -0.2) is 13.0 Å². The quantitative estimate of drug-likeness (QED) is 0.105. The van der Waals surface area contributed by atoms with Crippen LogP contribution in [0, 0.1) is 0 Å². The van der Waals surface area contributed by atoms with E-state index in [-0.39, 0.29) is 4.90 Å². The molecule has 0 radical (unpaired) electrons. The smallest absolute Gasteiger partial charge is 0.282 e. The van der Waals surface area contributed by atoms with Gasteiger partial charge in [0, 0.05) is 0 Å². The zero-order valence-electron chi connectivity index (χ0n) is 23.0. The second-order valence-corrected chi connectivity index (χ2v) is 12.1. The Morgan fingerprint density at radius 1 is 0.543 bits per heavy atom. The largest absolute Gasteiger partial charge is 0.294 e. The van der Waals surface area contributed by atoms with Gasteiger partial charge in [-0.1, -0.05) is 160 Å². The van der Waals surface area contributed by atoms with Crippen molar-refractivity contribution >= 4 is 10.1 Å². The van der Waals surface area contributed by atoms with Gasteiger partial charge in [0.05, 0.1) is 4.90 Å². The van der Waals surface area contributed by atoms with Gasteiger partial charge in [-0.2, -0.15) is 8.42 Å². The number of aryl methyl sites for hydroxylation is 1. The molecule has 0 unspecified atom stereocenters. The Kier molecular flexibility index (Phi) is 20.5. The summed E-state index contributed by atoms with van der Waals surface area (Å²) in [5.41, 5.74) is 0.989. The maximum Gasteiger partial charge on any atom is 0.294 e. The number of unbranched alkanes of at least 4 members (excludes halogenated alkanes) is 22. The summed E-state index contributed by atoms with van der Waals surface area (Å²) in [6.45, 7) is 2.29. The fourth-order valence-electron chi connectivity index (χ4n) is 4.98. The van der Waals surface area contributed by atoms with Crippen molar-refractivity contribution in [1.82, 2.24) is 0 Å². The van der Waals surface area contributed by atoms with Crippen LogP contribution in [0.4, 0.5) is 0 Å². The fraction of sp³-hybridized carbons (Fsp3) is 0.806. The van der Waals surface area contributed by atoms with E-state index in [2.05, 4.69) is 6.92 Å². The van der Waals surface area contributed by atoms with Gasteiger partial charge in [-0.3, -0.25) is 4.55 Å². The number of hydrogen-bond acceptors (Lipinski definition) is 2. The molecular formula is C31H56O3S. The van der Waals surface area contributed by atoms with E-state index in [1.54, 1.807) is 12.1 Å². The van der Waals surface area contributed by atoms with E-state index in [0.717, 1.165) is 18.4 Å². The third-order valence-electron chi connectivity index (χ3n) is 7.27. The van der Waals surface area contributed by atoms with E-state index in [1.807, 2.05) is 6.07 Å². The molecule has 0 heterocycles. The normalized spacial score (nSPS) is 11.8. The van der Waals surface area contributed by atoms with E-state index in [4.69, 9.17) is 4.55 Å². The average molecular weight is 509 g/mol. The first kappa shape index (κ1) is 32.2. The third kappa shape index (κ3) is 19.9. The molecule has 0 aliphatic heterocycles. The Balaban J connectivity index is 1.76. The summed E-state index contributed by atoms with van der Waals surface area (Å²) in [6.07, 6.45) is 32.8. The highest BCUT2D eigenvalue weighted by Crippen LogP contribution is 2.17. The van der Waals surface area contributed by atoms with Gasteiger partial charge in [0.2, 0.25) is 0 Å². The zero-order chi connectivity index (χ0) is 25.5. The Labute approximate surface area is 218 Å². The summed E-state index contributed by atoms with van der Waals surface area (Å²) >= 11 is 0. The van der Waals surface area contributed by atoms with Crippen LogP contribution in [0.1, 0.15) is 160 Å². The van der Waals surface area contributed by atoms with Crippen LogP contribution >= 0.6 is 0 Å². The monoisotopic (exact) mass is 508 g/mol. The van der Waals surface area contributed by atoms with Gasteiger partial charge in [-0.05, 0) is 30.5 Å². The minimum atomic E-state index is -4.09. The first-order valence-electron chi connectivity index (χ1n) is 15.1. The topological polar surface area (TPSA) is 54.4 Å². The molecular weight excluding hydrogens is 452 g/mol. The van der Waals surface area contributed by atoms with Crippen molar-refractivity contribution in [2.45, 2.75) is 166 Å². The van der Waals surface area contributed by atoms with Crippen LogP contribution in [0.2, 0.25) is 0 Å². The molecule has 0 spiro atoms. The average Bonchev–Trinajstić information content (AvgIpc) is 2.84. The van der Waals surface area contributed by atoms with E-state index in [9.17, 15) is 8.42 Å². The predicted molar refractivity (Wildman–Crippen MR) is 152 cm³/mol. The molecule has 4 heteroatoms. The highest BCUT2D eigenvalue weighted by atomic mass is 32.2. The summed E-state index contributed by atoms with van der Waals surface area (Å²) < 4.78 is 31.6. The lowest BCUT2D eigenvalue weighted by atomic mass is 10.0. The number of rotatable bonds is 25. The minimum Gasteiger partial charge on any atom is -0.282 e. The maximum absolute atomic E-state index is 11.2. The van der Waals surface area contributed by atoms with Crippen molar-refractivity contribution in [3.63, 3.8) is 0 Å². The molecule has 1 rings (SSSR count). The van der Waals surface area contributed by atoms with Crippen LogP contribution in [0.25, 0.3) is 0 Å². The van der Waals surface area contributed by atoms with E-state index < -0.39 is 10.1 Å². The second-order valence-electron chi connectivity index (χ2n) is 10.7. The molecule has 0 fully saturated rings. The van der Waals surface area contributed by atoms with Gasteiger partial charge in [-0.15, -0.1) is 0 Å². The van der Waals surface area contributed by atoms with Gasteiger partial charge in [-0.25, -0.2) is 0 Å². The Morgan fingerprint density at radius 3 is 1.23 bits per heavy atom. The molecule has 0 aliphatic rings. The second kappa shape index (κ2) is 22.3. The minimum absolute atomic E-state index is 0.00378. The molecule has 0 saturated heterocycles. The van der Waals surface area contributed by atoms with Crippen molar-refractivity contribution in [3.8, 4) is 0 Å². The summed E-state index contributed by atoms with van der Waals surface area (Å²) in [5, 5.41) is 0. The Morgan fingerprint density at radius 2 is 0.886 bits per heavy atom. The molecule has 1 aromatic rings. The number of hydrogen-bond donors (Lipinski definition) is 1. The van der Waals surface area contributed by atoms with E-state index in [0.29, 0.717) is 0 Å². The first-order chi connectivity index (χ1) is 17.0. The van der Waals surface area contributed by atoms with Crippen molar-refractivity contribution in [2.24, 2.45) is 0 Å². The molecule has 0 aliphatic carbocycles. The lowest BCUT2D eigenvalue weighted by Crippen LogP contribution is -1.98. The molecule has 0 bridgehead atoms. The summed E-state index contributed by atoms with van der Waals surface area (Å²) in [6, 6.07) is 6.68. The summed E-state index contributed by atoms with van der Waals surface area (Å²) in [5.74, 6) is 0. The summed E-state index contributed by atoms with van der Waals surface area (Å²) in [7, 11) is -4.09. The highest BCUT2D eigenvalue weighted by Gasteiger charge is 2.09. The van der Waals surface area contributed by atoms with E-state index in [1.165, 1.54) is 147 Å². The van der Waals surface area contributed by atoms with Gasteiger partial charge in [0.1, 0.15) is 0 Å². The molecule has 0 saturated carbocycles. The molecule has 1 N–H and O–H groups in total. The molecule has 0 aromatic heterocycles. The van der Waals surface area contributed by atoms with Crippen LogP contribution in [-0.2, 0) is 16.5 Å². The van der Waals surface area contributed by atoms with Gasteiger partial charge >= 0.3 is 0 Å². The predicted octanol–water partition coefficient (Wildman–Crippen LogP) is 10.5. The molecule has 0 atom stereocenters. The summed E-state index contributed by atoms with van der Waals surface area (Å²) in [4.78, 5) is 0.00378. The molecule has 1 aromatic carbocycles. The fourth-order valence-corrected chi connectivity index (χ4v) is 5.53. The van der Waals surface area contributed by atoms with Crippen LogP contribution in [0.5, 0.6) is 0 Å². The number of benzene rings is 1. The van der Waals surface area contributed by atoms with Crippen LogP contribution < -0.4 is 0 Å². The molecule has 35 heavy (non-hydrogen) atoms. The van der Waals surface area contributed by atoms with Crippen LogP contribution in [0.15, 0.2) is 29.2 Å². The lowest BCUT2D eigenvalue weighted by Gasteiger charge is -2.05. The lowest BCUT2D eigenvalue weighted by molar-refractivity contribution is 0.483. The SMILES string of the molecule is CCCCCCCCCCCCCCCCCCCCCCCCCc1cccc(S(=O)(=O)O)c1. The van der Waals surface area contributed by atoms with Crippen LogP contribution in [0.3, 0.4) is 0 Å². The Hall–Kier alpha value is -0.870. The molecule has 0 amide bonds. The van der Waals surface area contributed by atoms with Crippen molar-refractivity contribution in [1.29, 1.82) is 0 Å². The maximum atomic E-state index is 11.2. The molecule has 204 valence electrons. The standard InChI is InChI=1S/C31H56O3S/c1-2-3-4-5-6-7-8-9-10-11-12-13-14-15-16-17-18-19-20-21-22-23-24-26-30-27-25-28-31(29-30)35(32,33)34/h25,27-29H,2-24,26H2,1H3,(H,32,33,34). The third-order valence-corrected chi connectivity index (χ3v) is 8.11. The van der Waals surface area contributed by atoms with Gasteiger partial charge in [0.15, 0.2) is 0 Å². The Bertz CT molecular complexity index is 699. The van der Waals surface area contributed by atoms with Gasteiger partial charge < -0.3 is 0 Å².